The Morgan fingerprint density at radius 1 is 1.36 bits per heavy atom. The fraction of sp³-hybridized carbons (Fsp3) is 0.833. The first-order valence-electron chi connectivity index (χ1n) is 6.09. The Balaban J connectivity index is 4.15. The van der Waals surface area contributed by atoms with Gasteiger partial charge in [-0.15, -0.1) is 0 Å². The molecule has 2 atom stereocenters. The minimum absolute atomic E-state index is 0.763. The first kappa shape index (κ1) is 13.8. The largest absolute Gasteiger partial charge is 0.393 e. The van der Waals surface area contributed by atoms with E-state index in [9.17, 15) is 0 Å². The maximum Gasteiger partial charge on any atom is 0.0929 e. The molecule has 0 amide bonds. The van der Waals surface area contributed by atoms with Gasteiger partial charge in [-0.2, -0.15) is 0 Å². The molecule has 0 saturated carbocycles. The molecule has 0 fully saturated rings. The van der Waals surface area contributed by atoms with Crippen molar-refractivity contribution in [1.82, 2.24) is 5.32 Å². The van der Waals surface area contributed by atoms with Gasteiger partial charge < -0.3 is 5.32 Å². The highest BCUT2D eigenvalue weighted by Crippen LogP contribution is 2.22. The van der Waals surface area contributed by atoms with Gasteiger partial charge in [-0.25, -0.2) is 0 Å². The van der Waals surface area contributed by atoms with Crippen LogP contribution in [0.25, 0.3) is 0 Å². The molecule has 0 aliphatic rings. The first-order valence-corrected chi connectivity index (χ1v) is 8.15. The summed E-state index contributed by atoms with van der Waals surface area (Å²) in [7, 11) is -0.763. The van der Waals surface area contributed by atoms with Crippen LogP contribution in [0, 0.1) is 0 Å². The SMILES string of the molecule is C=C(NCC)[SiH](CCCC)C(C)CC. The summed E-state index contributed by atoms with van der Waals surface area (Å²) in [6.45, 7) is 14.4. The van der Waals surface area contributed by atoms with E-state index in [1.54, 1.807) is 0 Å². The Morgan fingerprint density at radius 3 is 2.43 bits per heavy atom. The highest BCUT2D eigenvalue weighted by molar-refractivity contribution is 6.67. The number of nitrogens with one attached hydrogen (secondary N) is 1. The zero-order valence-corrected chi connectivity index (χ0v) is 11.6. The molecular formula is C12H27NSi. The lowest BCUT2D eigenvalue weighted by Gasteiger charge is -2.24. The fourth-order valence-electron chi connectivity index (χ4n) is 1.87. The fourth-order valence-corrected chi connectivity index (χ4v) is 5.36. The van der Waals surface area contributed by atoms with E-state index in [1.807, 2.05) is 0 Å². The molecule has 1 N–H and O–H groups in total. The normalized spacial score (nSPS) is 14.9. The minimum Gasteiger partial charge on any atom is -0.393 e. The van der Waals surface area contributed by atoms with Crippen LogP contribution in [-0.2, 0) is 0 Å². The summed E-state index contributed by atoms with van der Waals surface area (Å²) < 4.78 is 0. The average molecular weight is 213 g/mol. The van der Waals surface area contributed by atoms with Gasteiger partial charge >= 0.3 is 0 Å². The van der Waals surface area contributed by atoms with Gasteiger partial charge in [0.15, 0.2) is 0 Å². The van der Waals surface area contributed by atoms with Gasteiger partial charge in [0.2, 0.25) is 0 Å². The lowest BCUT2D eigenvalue weighted by atomic mass is 10.4. The molecule has 0 aromatic carbocycles. The molecule has 0 aromatic rings. The quantitative estimate of drug-likeness (QED) is 0.609. The standard InChI is InChI=1S/C12H27NSi/c1-6-9-10-14(11(4)7-2)12(5)13-8-3/h11,13-14H,5-10H2,1-4H3. The summed E-state index contributed by atoms with van der Waals surface area (Å²) in [5.74, 6) is 0. The van der Waals surface area contributed by atoms with Crippen LogP contribution in [0.1, 0.15) is 47.0 Å². The molecule has 0 aliphatic carbocycles. The van der Waals surface area contributed by atoms with Crippen molar-refractivity contribution in [2.45, 2.75) is 58.5 Å². The molecule has 0 aliphatic heterocycles. The van der Waals surface area contributed by atoms with Crippen molar-refractivity contribution in [3.05, 3.63) is 11.9 Å². The van der Waals surface area contributed by atoms with Crippen LogP contribution in [0.15, 0.2) is 11.9 Å². The second kappa shape index (κ2) is 8.10. The van der Waals surface area contributed by atoms with Crippen molar-refractivity contribution in [3.8, 4) is 0 Å². The molecule has 0 saturated heterocycles. The highest BCUT2D eigenvalue weighted by atomic mass is 28.3. The van der Waals surface area contributed by atoms with Crippen LogP contribution < -0.4 is 5.32 Å². The van der Waals surface area contributed by atoms with E-state index in [0.29, 0.717) is 0 Å². The van der Waals surface area contributed by atoms with E-state index in [-0.39, 0.29) is 0 Å². The Labute approximate surface area is 91.6 Å². The van der Waals surface area contributed by atoms with Gasteiger partial charge in [0.1, 0.15) is 0 Å². The Kier molecular flexibility index (Phi) is 7.96. The maximum atomic E-state index is 4.22. The summed E-state index contributed by atoms with van der Waals surface area (Å²) >= 11 is 0. The number of hydrogen-bond donors (Lipinski definition) is 1. The molecule has 84 valence electrons. The van der Waals surface area contributed by atoms with Crippen molar-refractivity contribution >= 4 is 8.80 Å². The second-order valence-electron chi connectivity index (χ2n) is 4.19. The van der Waals surface area contributed by atoms with Gasteiger partial charge in [-0.05, 0) is 17.8 Å². The molecule has 1 nitrogen and oxygen atoms in total. The van der Waals surface area contributed by atoms with Crippen molar-refractivity contribution in [2.75, 3.05) is 6.54 Å². The molecule has 0 radical (unpaired) electrons. The number of unbranched alkanes of at least 4 members (excludes halogenated alkanes) is 1. The Morgan fingerprint density at radius 2 is 2.00 bits per heavy atom. The van der Waals surface area contributed by atoms with Crippen LogP contribution in [0.3, 0.4) is 0 Å². The lowest BCUT2D eigenvalue weighted by Crippen LogP contribution is -2.30. The molecular weight excluding hydrogens is 186 g/mol. The van der Waals surface area contributed by atoms with Crippen LogP contribution in [0.4, 0.5) is 0 Å². The zero-order chi connectivity index (χ0) is 11.0. The molecule has 0 bridgehead atoms. The van der Waals surface area contributed by atoms with E-state index >= 15 is 0 Å². The topological polar surface area (TPSA) is 12.0 Å². The number of hydrogen-bond acceptors (Lipinski definition) is 1. The van der Waals surface area contributed by atoms with E-state index in [0.717, 1.165) is 12.1 Å². The predicted molar refractivity (Wildman–Crippen MR) is 69.4 cm³/mol. The summed E-state index contributed by atoms with van der Waals surface area (Å²) in [6.07, 6.45) is 4.01. The molecule has 2 unspecified atom stereocenters. The summed E-state index contributed by atoms with van der Waals surface area (Å²) in [6, 6.07) is 1.43. The van der Waals surface area contributed by atoms with E-state index in [4.69, 9.17) is 0 Å². The molecule has 2 heteroatoms. The third-order valence-corrected chi connectivity index (χ3v) is 7.03. The average Bonchev–Trinajstić information content (AvgIpc) is 2.18. The van der Waals surface area contributed by atoms with Crippen molar-refractivity contribution in [2.24, 2.45) is 0 Å². The van der Waals surface area contributed by atoms with Crippen molar-refractivity contribution < 1.29 is 0 Å². The van der Waals surface area contributed by atoms with Crippen molar-refractivity contribution in [1.29, 1.82) is 0 Å². The van der Waals surface area contributed by atoms with Crippen LogP contribution in [-0.4, -0.2) is 15.3 Å². The first-order chi connectivity index (χ1) is 6.67. The smallest absolute Gasteiger partial charge is 0.0929 e. The van der Waals surface area contributed by atoms with Gasteiger partial charge in [0, 0.05) is 6.54 Å². The summed E-state index contributed by atoms with van der Waals surface area (Å²) in [5.41, 5.74) is 0.896. The highest BCUT2D eigenvalue weighted by Gasteiger charge is 2.19. The zero-order valence-electron chi connectivity index (χ0n) is 10.4. The van der Waals surface area contributed by atoms with E-state index < -0.39 is 8.80 Å². The Hall–Kier alpha value is -0.243. The molecule has 14 heavy (non-hydrogen) atoms. The molecule has 0 rings (SSSR count). The van der Waals surface area contributed by atoms with Gasteiger partial charge in [-0.1, -0.05) is 52.7 Å². The Bertz CT molecular complexity index is 156. The summed E-state index contributed by atoms with van der Waals surface area (Å²) in [5, 5.41) is 4.82. The van der Waals surface area contributed by atoms with Crippen LogP contribution in [0.2, 0.25) is 11.6 Å². The molecule has 0 aromatic heterocycles. The van der Waals surface area contributed by atoms with Gasteiger partial charge in [0.05, 0.1) is 8.80 Å². The van der Waals surface area contributed by atoms with E-state index in [1.165, 1.54) is 30.6 Å². The number of rotatable bonds is 8. The molecule has 0 spiro atoms. The van der Waals surface area contributed by atoms with Crippen LogP contribution >= 0.6 is 0 Å². The minimum atomic E-state index is -0.763. The second-order valence-corrected chi connectivity index (χ2v) is 7.82. The summed E-state index contributed by atoms with van der Waals surface area (Å²) in [4.78, 5) is 0. The van der Waals surface area contributed by atoms with Crippen LogP contribution in [0.5, 0.6) is 0 Å². The molecule has 0 heterocycles. The van der Waals surface area contributed by atoms with Gasteiger partial charge in [-0.3, -0.25) is 0 Å². The lowest BCUT2D eigenvalue weighted by molar-refractivity contribution is 0.799. The van der Waals surface area contributed by atoms with Crippen molar-refractivity contribution in [3.63, 3.8) is 0 Å². The maximum absolute atomic E-state index is 4.22. The van der Waals surface area contributed by atoms with E-state index in [2.05, 4.69) is 39.6 Å². The monoisotopic (exact) mass is 213 g/mol. The van der Waals surface area contributed by atoms with Gasteiger partial charge in [0.25, 0.3) is 0 Å². The third kappa shape index (κ3) is 4.84. The predicted octanol–water partition coefficient (Wildman–Crippen LogP) is 3.48. The third-order valence-electron chi connectivity index (χ3n) is 3.05.